The zero-order chi connectivity index (χ0) is 26.0. The second kappa shape index (κ2) is 10.6. The lowest BCUT2D eigenvalue weighted by atomic mass is 9.95. The molecule has 0 bridgehead atoms. The van der Waals surface area contributed by atoms with E-state index in [1.165, 1.54) is 4.90 Å². The summed E-state index contributed by atoms with van der Waals surface area (Å²) in [6.07, 6.45) is 0. The number of anilines is 1. The molecule has 1 heterocycles. The largest absolute Gasteiger partial charge is 0.507 e. The molecule has 1 aliphatic heterocycles. The molecule has 1 saturated heterocycles. The smallest absolute Gasteiger partial charge is 0.300 e. The number of carbonyl (C=O) groups excluding carboxylic acids is 2. The first-order valence-corrected chi connectivity index (χ1v) is 12.4. The summed E-state index contributed by atoms with van der Waals surface area (Å²) in [7, 11) is 1.54. The van der Waals surface area contributed by atoms with Crippen LogP contribution in [0.2, 0.25) is 0 Å². The molecule has 1 unspecified atom stereocenters. The van der Waals surface area contributed by atoms with Crippen molar-refractivity contribution in [2.45, 2.75) is 26.8 Å². The fourth-order valence-electron chi connectivity index (χ4n) is 4.17. The average molecular weight is 550 g/mol. The molecule has 7 heteroatoms. The van der Waals surface area contributed by atoms with Crippen molar-refractivity contribution in [1.82, 2.24) is 0 Å². The topological polar surface area (TPSA) is 76.1 Å². The molecule has 4 rings (SSSR count). The van der Waals surface area contributed by atoms with Crippen molar-refractivity contribution in [3.05, 3.63) is 93.5 Å². The van der Waals surface area contributed by atoms with Crippen LogP contribution in [0.1, 0.15) is 36.6 Å². The number of hydrogen-bond donors (Lipinski definition) is 1. The van der Waals surface area contributed by atoms with Gasteiger partial charge in [0.15, 0.2) is 0 Å². The molecule has 0 saturated carbocycles. The second-order valence-electron chi connectivity index (χ2n) is 9.13. The maximum Gasteiger partial charge on any atom is 0.300 e. The van der Waals surface area contributed by atoms with Gasteiger partial charge in [-0.2, -0.15) is 0 Å². The zero-order valence-corrected chi connectivity index (χ0v) is 22.2. The molecule has 0 aliphatic carbocycles. The number of Topliss-reactive ketones (excluding diaryl/α,β-unsaturated/α-hetero) is 1. The Bertz CT molecular complexity index is 1330. The molecule has 1 N–H and O–H groups in total. The van der Waals surface area contributed by atoms with Gasteiger partial charge in [0, 0.05) is 11.3 Å². The van der Waals surface area contributed by atoms with Gasteiger partial charge >= 0.3 is 0 Å². The van der Waals surface area contributed by atoms with Crippen LogP contribution in [0.4, 0.5) is 5.69 Å². The minimum absolute atomic E-state index is 0.0226. The number of ether oxygens (including phenoxy) is 2. The number of hydrogen-bond acceptors (Lipinski definition) is 5. The van der Waals surface area contributed by atoms with Gasteiger partial charge in [0.1, 0.15) is 17.3 Å². The van der Waals surface area contributed by atoms with Crippen molar-refractivity contribution < 1.29 is 24.2 Å². The molecular formula is C29H28BrNO5. The van der Waals surface area contributed by atoms with Gasteiger partial charge in [-0.05, 0) is 82.4 Å². The monoisotopic (exact) mass is 549 g/mol. The minimum atomic E-state index is -0.813. The van der Waals surface area contributed by atoms with E-state index in [9.17, 15) is 14.7 Å². The number of halogens is 1. The number of aliphatic hydroxyl groups is 1. The highest BCUT2D eigenvalue weighted by Crippen LogP contribution is 2.43. The highest BCUT2D eigenvalue weighted by molar-refractivity contribution is 9.10. The zero-order valence-electron chi connectivity index (χ0n) is 20.6. The van der Waals surface area contributed by atoms with Crippen molar-refractivity contribution in [1.29, 1.82) is 0 Å². The van der Waals surface area contributed by atoms with Crippen LogP contribution in [-0.4, -0.2) is 30.5 Å². The third kappa shape index (κ3) is 5.02. The Labute approximate surface area is 219 Å². The van der Waals surface area contributed by atoms with Crippen LogP contribution in [0.5, 0.6) is 11.5 Å². The van der Waals surface area contributed by atoms with E-state index in [1.807, 2.05) is 49.4 Å². The summed E-state index contributed by atoms with van der Waals surface area (Å²) >= 11 is 3.43. The highest BCUT2D eigenvalue weighted by Gasteiger charge is 2.47. The summed E-state index contributed by atoms with van der Waals surface area (Å²) < 4.78 is 11.7. The lowest BCUT2D eigenvalue weighted by Crippen LogP contribution is -2.29. The standard InChI is InChI=1S/C29H28BrNO5/c1-17(2)16-36-22-11-8-19(9-12-22)26-25(27(32)20-10-13-24(35-4)23(30)15-20)28(33)29(34)31(26)21-7-5-6-18(3)14-21/h5-15,17,26,32H,16H2,1-4H3/b27-25-. The van der Waals surface area contributed by atoms with Gasteiger partial charge in [-0.25, -0.2) is 0 Å². The quantitative estimate of drug-likeness (QED) is 0.209. The Morgan fingerprint density at radius 3 is 2.39 bits per heavy atom. The first-order valence-electron chi connectivity index (χ1n) is 11.7. The summed E-state index contributed by atoms with van der Waals surface area (Å²) in [5, 5.41) is 11.3. The third-order valence-electron chi connectivity index (χ3n) is 5.93. The number of nitrogens with zero attached hydrogens (tertiary/aromatic N) is 1. The normalized spacial score (nSPS) is 17.1. The first-order chi connectivity index (χ1) is 17.2. The number of ketones is 1. The summed E-state index contributed by atoms with van der Waals surface area (Å²) in [5.41, 5.74) is 2.63. The van der Waals surface area contributed by atoms with Gasteiger partial charge in [-0.3, -0.25) is 14.5 Å². The van der Waals surface area contributed by atoms with Gasteiger partial charge in [-0.1, -0.05) is 38.1 Å². The number of rotatable bonds is 7. The Balaban J connectivity index is 1.86. The number of methoxy groups -OCH3 is 1. The number of aliphatic hydroxyl groups excluding tert-OH is 1. The minimum Gasteiger partial charge on any atom is -0.507 e. The Hall–Kier alpha value is -3.58. The van der Waals surface area contributed by atoms with Gasteiger partial charge < -0.3 is 14.6 Å². The molecule has 1 atom stereocenters. The van der Waals surface area contributed by atoms with Gasteiger partial charge in [0.2, 0.25) is 0 Å². The van der Waals surface area contributed by atoms with E-state index < -0.39 is 17.7 Å². The van der Waals surface area contributed by atoms with Crippen molar-refractivity contribution in [3.8, 4) is 11.5 Å². The van der Waals surface area contributed by atoms with Crippen molar-refractivity contribution in [2.75, 3.05) is 18.6 Å². The van der Waals surface area contributed by atoms with Gasteiger partial charge in [0.25, 0.3) is 11.7 Å². The fourth-order valence-corrected chi connectivity index (χ4v) is 4.71. The molecule has 0 aromatic heterocycles. The molecule has 0 spiro atoms. The van der Waals surface area contributed by atoms with E-state index in [0.29, 0.717) is 45.3 Å². The van der Waals surface area contributed by atoms with Crippen LogP contribution < -0.4 is 14.4 Å². The fraction of sp³-hybridized carbons (Fsp3) is 0.241. The van der Waals surface area contributed by atoms with Crippen molar-refractivity contribution in [3.63, 3.8) is 0 Å². The summed E-state index contributed by atoms with van der Waals surface area (Å²) in [6, 6.07) is 18.9. The Morgan fingerprint density at radius 2 is 1.78 bits per heavy atom. The van der Waals surface area contributed by atoms with Crippen LogP contribution in [0.3, 0.4) is 0 Å². The molecule has 6 nitrogen and oxygen atoms in total. The molecule has 186 valence electrons. The van der Waals surface area contributed by atoms with E-state index in [4.69, 9.17) is 9.47 Å². The van der Waals surface area contributed by atoms with E-state index in [0.717, 1.165) is 5.56 Å². The van der Waals surface area contributed by atoms with Crippen LogP contribution in [0, 0.1) is 12.8 Å². The average Bonchev–Trinajstić information content (AvgIpc) is 3.12. The number of benzene rings is 3. The second-order valence-corrected chi connectivity index (χ2v) is 9.99. The summed E-state index contributed by atoms with van der Waals surface area (Å²) in [5.74, 6) is -0.0378. The molecule has 3 aromatic carbocycles. The Morgan fingerprint density at radius 1 is 1.06 bits per heavy atom. The maximum atomic E-state index is 13.4. The van der Waals surface area contributed by atoms with E-state index >= 15 is 0 Å². The van der Waals surface area contributed by atoms with Crippen molar-refractivity contribution >= 4 is 39.1 Å². The van der Waals surface area contributed by atoms with Crippen LogP contribution in [0.25, 0.3) is 5.76 Å². The summed E-state index contributed by atoms with van der Waals surface area (Å²) in [4.78, 5) is 28.1. The molecule has 1 amide bonds. The lowest BCUT2D eigenvalue weighted by molar-refractivity contribution is -0.132. The first kappa shape index (κ1) is 25.5. The van der Waals surface area contributed by atoms with Gasteiger partial charge in [0.05, 0.1) is 29.8 Å². The Kier molecular flexibility index (Phi) is 7.50. The van der Waals surface area contributed by atoms with E-state index in [1.54, 1.807) is 31.4 Å². The summed E-state index contributed by atoms with van der Waals surface area (Å²) in [6.45, 7) is 6.64. The predicted molar refractivity (Wildman–Crippen MR) is 143 cm³/mol. The molecule has 1 fully saturated rings. The highest BCUT2D eigenvalue weighted by atomic mass is 79.9. The van der Waals surface area contributed by atoms with E-state index in [2.05, 4.69) is 29.8 Å². The number of carbonyl (C=O) groups is 2. The molecule has 36 heavy (non-hydrogen) atoms. The van der Waals surface area contributed by atoms with Crippen LogP contribution >= 0.6 is 15.9 Å². The van der Waals surface area contributed by atoms with Gasteiger partial charge in [-0.15, -0.1) is 0 Å². The molecule has 1 aliphatic rings. The molecule has 0 radical (unpaired) electrons. The van der Waals surface area contributed by atoms with E-state index in [-0.39, 0.29) is 11.3 Å². The number of aryl methyl sites for hydroxylation is 1. The molecular weight excluding hydrogens is 522 g/mol. The third-order valence-corrected chi connectivity index (χ3v) is 6.55. The lowest BCUT2D eigenvalue weighted by Gasteiger charge is -2.26. The SMILES string of the molecule is COc1ccc(/C(O)=C2/C(=O)C(=O)N(c3cccc(C)c3)C2c2ccc(OCC(C)C)cc2)cc1Br. The van der Waals surface area contributed by atoms with Crippen molar-refractivity contribution in [2.24, 2.45) is 5.92 Å². The molecule has 3 aromatic rings. The van der Waals surface area contributed by atoms with Crippen LogP contribution in [-0.2, 0) is 9.59 Å². The predicted octanol–water partition coefficient (Wildman–Crippen LogP) is 6.43. The number of amides is 1. The maximum absolute atomic E-state index is 13.4. The van der Waals surface area contributed by atoms with Crippen LogP contribution in [0.15, 0.2) is 76.8 Å².